The van der Waals surface area contributed by atoms with E-state index in [1.54, 1.807) is 31.2 Å². The van der Waals surface area contributed by atoms with Gasteiger partial charge >= 0.3 is 5.97 Å². The number of rotatable bonds is 9. The number of carboxylic acid groups (broad SMARTS) is 1. The van der Waals surface area contributed by atoms with Gasteiger partial charge in [0, 0.05) is 5.56 Å². The Labute approximate surface area is 119 Å². The monoisotopic (exact) mass is 278 g/mol. The van der Waals surface area contributed by atoms with E-state index in [0.29, 0.717) is 24.3 Å². The molecule has 0 spiro atoms. The van der Waals surface area contributed by atoms with Crippen LogP contribution >= 0.6 is 0 Å². The summed E-state index contributed by atoms with van der Waals surface area (Å²) in [5.74, 6) is -1.68. The van der Waals surface area contributed by atoms with Gasteiger partial charge in [-0.3, -0.25) is 9.59 Å². The molecule has 0 bridgehead atoms. The summed E-state index contributed by atoms with van der Waals surface area (Å²) in [5.41, 5.74) is 0.417. The van der Waals surface area contributed by atoms with Crippen LogP contribution in [0.3, 0.4) is 0 Å². The zero-order valence-electron chi connectivity index (χ0n) is 12.1. The molecule has 0 radical (unpaired) electrons. The van der Waals surface area contributed by atoms with Crippen LogP contribution in [0.5, 0.6) is 5.75 Å². The standard InChI is InChI=1S/C16H22O4/c1-3-5-6-11-20-13-9-7-12(8-10-13)15(17)14(4-2)16(18)19/h7-10,14H,3-6,11H2,1-2H3,(H,18,19). The lowest BCUT2D eigenvalue weighted by atomic mass is 9.95. The van der Waals surface area contributed by atoms with Crippen LogP contribution in [0.1, 0.15) is 49.9 Å². The fourth-order valence-corrected chi connectivity index (χ4v) is 1.93. The Morgan fingerprint density at radius 2 is 1.80 bits per heavy atom. The van der Waals surface area contributed by atoms with E-state index in [-0.39, 0.29) is 5.78 Å². The summed E-state index contributed by atoms with van der Waals surface area (Å²) in [4.78, 5) is 23.0. The van der Waals surface area contributed by atoms with Gasteiger partial charge in [0.15, 0.2) is 5.78 Å². The van der Waals surface area contributed by atoms with Crippen molar-refractivity contribution in [3.63, 3.8) is 0 Å². The minimum absolute atomic E-state index is 0.295. The van der Waals surface area contributed by atoms with Crippen LogP contribution in [0.25, 0.3) is 0 Å². The summed E-state index contributed by atoms with van der Waals surface area (Å²) >= 11 is 0. The molecule has 0 amide bonds. The summed E-state index contributed by atoms with van der Waals surface area (Å²) in [6, 6.07) is 6.69. The quantitative estimate of drug-likeness (QED) is 0.426. The molecule has 1 aromatic carbocycles. The highest BCUT2D eigenvalue weighted by Crippen LogP contribution is 2.17. The molecule has 1 aromatic rings. The molecule has 4 heteroatoms. The molecule has 1 atom stereocenters. The van der Waals surface area contributed by atoms with Crippen molar-refractivity contribution in [2.24, 2.45) is 5.92 Å². The van der Waals surface area contributed by atoms with Gasteiger partial charge in [0.2, 0.25) is 0 Å². The van der Waals surface area contributed by atoms with Gasteiger partial charge in [-0.1, -0.05) is 26.7 Å². The summed E-state index contributed by atoms with van der Waals surface area (Å²) in [5, 5.41) is 8.98. The number of hydrogen-bond acceptors (Lipinski definition) is 3. The second kappa shape index (κ2) is 8.35. The van der Waals surface area contributed by atoms with Crippen LogP contribution in [0, 0.1) is 5.92 Å². The molecule has 1 N–H and O–H groups in total. The smallest absolute Gasteiger partial charge is 0.314 e. The SMILES string of the molecule is CCCCCOc1ccc(C(=O)C(CC)C(=O)O)cc1. The maximum absolute atomic E-state index is 12.0. The van der Waals surface area contributed by atoms with Crippen LogP contribution in [0.4, 0.5) is 0 Å². The largest absolute Gasteiger partial charge is 0.494 e. The predicted octanol–water partition coefficient (Wildman–Crippen LogP) is 3.55. The Bertz CT molecular complexity index is 436. The van der Waals surface area contributed by atoms with Crippen molar-refractivity contribution in [1.29, 1.82) is 0 Å². The normalized spacial score (nSPS) is 11.9. The highest BCUT2D eigenvalue weighted by atomic mass is 16.5. The number of ether oxygens (including phenoxy) is 1. The van der Waals surface area contributed by atoms with Crippen molar-refractivity contribution in [2.75, 3.05) is 6.61 Å². The number of aliphatic carboxylic acids is 1. The second-order valence-corrected chi connectivity index (χ2v) is 4.74. The van der Waals surface area contributed by atoms with Gasteiger partial charge in [0.1, 0.15) is 11.7 Å². The molecular formula is C16H22O4. The molecule has 0 fully saturated rings. The van der Waals surface area contributed by atoms with Crippen molar-refractivity contribution < 1.29 is 19.4 Å². The Balaban J connectivity index is 2.61. The minimum Gasteiger partial charge on any atom is -0.494 e. The average Bonchev–Trinajstić information content (AvgIpc) is 2.44. The van der Waals surface area contributed by atoms with Crippen LogP contribution in [0.2, 0.25) is 0 Å². The molecule has 0 aliphatic heterocycles. The highest BCUT2D eigenvalue weighted by Gasteiger charge is 2.25. The molecule has 0 heterocycles. The number of ketones is 1. The van der Waals surface area contributed by atoms with Crippen LogP contribution in [-0.2, 0) is 4.79 Å². The Hall–Kier alpha value is -1.84. The van der Waals surface area contributed by atoms with Crippen LogP contribution < -0.4 is 4.74 Å². The van der Waals surface area contributed by atoms with Gasteiger partial charge in [-0.15, -0.1) is 0 Å². The van der Waals surface area contributed by atoms with Crippen molar-refractivity contribution in [3.8, 4) is 5.75 Å². The second-order valence-electron chi connectivity index (χ2n) is 4.74. The molecule has 4 nitrogen and oxygen atoms in total. The first-order valence-electron chi connectivity index (χ1n) is 7.10. The average molecular weight is 278 g/mol. The summed E-state index contributed by atoms with van der Waals surface area (Å²) in [6.07, 6.45) is 3.58. The third-order valence-electron chi connectivity index (χ3n) is 3.18. The Morgan fingerprint density at radius 3 is 2.30 bits per heavy atom. The summed E-state index contributed by atoms with van der Waals surface area (Å²) in [6.45, 7) is 4.49. The minimum atomic E-state index is -1.07. The number of benzene rings is 1. The van der Waals surface area contributed by atoms with Crippen LogP contribution in [-0.4, -0.2) is 23.5 Å². The highest BCUT2D eigenvalue weighted by molar-refractivity contribution is 6.08. The first-order chi connectivity index (χ1) is 9.60. The van der Waals surface area contributed by atoms with Gasteiger partial charge < -0.3 is 9.84 Å². The van der Waals surface area contributed by atoms with E-state index < -0.39 is 11.9 Å². The van der Waals surface area contributed by atoms with Gasteiger partial charge in [-0.25, -0.2) is 0 Å². The van der Waals surface area contributed by atoms with E-state index in [9.17, 15) is 9.59 Å². The fraction of sp³-hybridized carbons (Fsp3) is 0.500. The molecule has 1 unspecified atom stereocenters. The van der Waals surface area contributed by atoms with Crippen molar-refractivity contribution in [1.82, 2.24) is 0 Å². The lowest BCUT2D eigenvalue weighted by Crippen LogP contribution is -2.23. The lowest BCUT2D eigenvalue weighted by molar-refractivity contribution is -0.140. The molecular weight excluding hydrogens is 256 g/mol. The predicted molar refractivity (Wildman–Crippen MR) is 77.2 cm³/mol. The number of Topliss-reactive ketones (excluding diaryl/α,β-unsaturated/α-hetero) is 1. The van der Waals surface area contributed by atoms with E-state index >= 15 is 0 Å². The third kappa shape index (κ3) is 4.68. The first kappa shape index (κ1) is 16.2. The number of unbranched alkanes of at least 4 members (excludes halogenated alkanes) is 2. The zero-order valence-corrected chi connectivity index (χ0v) is 12.1. The molecule has 110 valence electrons. The molecule has 0 saturated heterocycles. The van der Waals surface area contributed by atoms with Gasteiger partial charge in [-0.2, -0.15) is 0 Å². The van der Waals surface area contributed by atoms with E-state index in [1.165, 1.54) is 0 Å². The van der Waals surface area contributed by atoms with Gasteiger partial charge in [0.25, 0.3) is 0 Å². The van der Waals surface area contributed by atoms with Crippen molar-refractivity contribution >= 4 is 11.8 Å². The number of carbonyl (C=O) groups is 2. The summed E-state index contributed by atoms with van der Waals surface area (Å²) < 4.78 is 5.55. The van der Waals surface area contributed by atoms with E-state index in [0.717, 1.165) is 19.3 Å². The van der Waals surface area contributed by atoms with Crippen LogP contribution in [0.15, 0.2) is 24.3 Å². The molecule has 0 saturated carbocycles. The molecule has 20 heavy (non-hydrogen) atoms. The number of carboxylic acids is 1. The Kier molecular flexibility index (Phi) is 6.77. The molecule has 1 rings (SSSR count). The van der Waals surface area contributed by atoms with E-state index in [2.05, 4.69) is 6.92 Å². The number of carbonyl (C=O) groups excluding carboxylic acids is 1. The van der Waals surface area contributed by atoms with Gasteiger partial charge in [0.05, 0.1) is 6.61 Å². The van der Waals surface area contributed by atoms with E-state index in [4.69, 9.17) is 9.84 Å². The maximum atomic E-state index is 12.0. The maximum Gasteiger partial charge on any atom is 0.314 e. The Morgan fingerprint density at radius 1 is 1.15 bits per heavy atom. The number of hydrogen-bond donors (Lipinski definition) is 1. The van der Waals surface area contributed by atoms with Crippen molar-refractivity contribution in [3.05, 3.63) is 29.8 Å². The fourth-order valence-electron chi connectivity index (χ4n) is 1.93. The van der Waals surface area contributed by atoms with Crippen molar-refractivity contribution in [2.45, 2.75) is 39.5 Å². The molecule has 0 aliphatic carbocycles. The molecule has 0 aromatic heterocycles. The topological polar surface area (TPSA) is 63.6 Å². The molecule has 0 aliphatic rings. The zero-order chi connectivity index (χ0) is 15.0. The first-order valence-corrected chi connectivity index (χ1v) is 7.10. The lowest BCUT2D eigenvalue weighted by Gasteiger charge is -2.10. The van der Waals surface area contributed by atoms with Gasteiger partial charge in [-0.05, 0) is 37.1 Å². The van der Waals surface area contributed by atoms with E-state index in [1.807, 2.05) is 0 Å². The summed E-state index contributed by atoms with van der Waals surface area (Å²) in [7, 11) is 0. The third-order valence-corrected chi connectivity index (χ3v) is 3.18.